The minimum atomic E-state index is -0.674. The molecule has 1 aliphatic carbocycles. The first-order chi connectivity index (χ1) is 10.9. The van der Waals surface area contributed by atoms with E-state index >= 15 is 0 Å². The highest BCUT2D eigenvalue weighted by Gasteiger charge is 2.64. The largest absolute Gasteiger partial charge is 0.466 e. The number of Topliss-reactive ketones (excluding diaryl/α,β-unsaturated/α-hetero) is 1. The van der Waals surface area contributed by atoms with Gasteiger partial charge in [0.1, 0.15) is 0 Å². The molecule has 5 nitrogen and oxygen atoms in total. The Bertz CT molecular complexity index is 595. The highest BCUT2D eigenvalue weighted by atomic mass is 16.7. The number of carbonyl (C=O) groups is 2. The summed E-state index contributed by atoms with van der Waals surface area (Å²) in [5.41, 5.74) is 0.618. The van der Waals surface area contributed by atoms with Crippen LogP contribution in [0.2, 0.25) is 0 Å². The van der Waals surface area contributed by atoms with Gasteiger partial charge in [-0.25, -0.2) is 0 Å². The standard InChI is InChI=1S/C18H22O5/c1-4-21-17(20)15-13(12-10-22-18(2,3)23-12)14(15)16(19)11-8-6-5-7-9-11/h5-9,12-15H,4,10H2,1-3H3/t12-,13+,14+,15+/m0/s1. The molecular weight excluding hydrogens is 296 g/mol. The third-order valence-electron chi connectivity index (χ3n) is 4.45. The quantitative estimate of drug-likeness (QED) is 0.616. The highest BCUT2D eigenvalue weighted by molar-refractivity contribution is 6.03. The fraction of sp³-hybridized carbons (Fsp3) is 0.556. The minimum absolute atomic E-state index is 0.0260. The van der Waals surface area contributed by atoms with Crippen LogP contribution in [-0.2, 0) is 19.0 Å². The van der Waals surface area contributed by atoms with Gasteiger partial charge in [-0.1, -0.05) is 30.3 Å². The molecule has 124 valence electrons. The van der Waals surface area contributed by atoms with Crippen molar-refractivity contribution in [3.05, 3.63) is 35.9 Å². The van der Waals surface area contributed by atoms with Crippen LogP contribution >= 0.6 is 0 Å². The van der Waals surface area contributed by atoms with E-state index in [0.29, 0.717) is 18.8 Å². The Morgan fingerprint density at radius 3 is 2.48 bits per heavy atom. The topological polar surface area (TPSA) is 61.8 Å². The minimum Gasteiger partial charge on any atom is -0.466 e. The first kappa shape index (κ1) is 16.1. The molecule has 1 aromatic carbocycles. The van der Waals surface area contributed by atoms with Gasteiger partial charge in [-0.05, 0) is 20.8 Å². The van der Waals surface area contributed by atoms with Crippen LogP contribution < -0.4 is 0 Å². The van der Waals surface area contributed by atoms with Crippen molar-refractivity contribution in [3.63, 3.8) is 0 Å². The van der Waals surface area contributed by atoms with Crippen molar-refractivity contribution in [2.45, 2.75) is 32.7 Å². The van der Waals surface area contributed by atoms with Crippen molar-refractivity contribution < 1.29 is 23.8 Å². The molecule has 3 rings (SSSR count). The normalized spacial score (nSPS) is 31.6. The zero-order valence-electron chi connectivity index (χ0n) is 13.7. The number of ether oxygens (including phenoxy) is 3. The Balaban J connectivity index is 1.79. The Kier molecular flexibility index (Phi) is 4.25. The van der Waals surface area contributed by atoms with Crippen LogP contribution in [0.1, 0.15) is 31.1 Å². The lowest BCUT2D eigenvalue weighted by molar-refractivity contribution is -0.149. The molecule has 1 heterocycles. The number of benzene rings is 1. The molecule has 1 saturated heterocycles. The molecule has 0 radical (unpaired) electrons. The number of carbonyl (C=O) groups excluding carboxylic acids is 2. The Morgan fingerprint density at radius 2 is 1.91 bits per heavy atom. The lowest BCUT2D eigenvalue weighted by Gasteiger charge is -2.17. The SMILES string of the molecule is CCOC(=O)[C@H]1[C@H](C(=O)c2ccccc2)[C@H]1[C@@H]1COC(C)(C)O1. The van der Waals surface area contributed by atoms with Gasteiger partial charge >= 0.3 is 5.97 Å². The fourth-order valence-electron chi connectivity index (χ4n) is 3.38. The van der Waals surface area contributed by atoms with Crippen LogP contribution in [0, 0.1) is 17.8 Å². The molecule has 0 N–H and O–H groups in total. The highest BCUT2D eigenvalue weighted by Crippen LogP contribution is 2.53. The molecule has 0 spiro atoms. The fourth-order valence-corrected chi connectivity index (χ4v) is 3.38. The molecule has 1 saturated carbocycles. The van der Waals surface area contributed by atoms with Crippen LogP contribution in [-0.4, -0.2) is 36.9 Å². The molecule has 4 atom stereocenters. The molecule has 2 fully saturated rings. The van der Waals surface area contributed by atoms with Gasteiger partial charge in [0, 0.05) is 17.4 Å². The molecule has 2 aliphatic rings. The zero-order valence-corrected chi connectivity index (χ0v) is 13.7. The number of ketones is 1. The lowest BCUT2D eigenvalue weighted by Crippen LogP contribution is -2.24. The molecule has 23 heavy (non-hydrogen) atoms. The second-order valence-electron chi connectivity index (χ2n) is 6.48. The van der Waals surface area contributed by atoms with Gasteiger partial charge in [0.2, 0.25) is 0 Å². The van der Waals surface area contributed by atoms with E-state index in [-0.39, 0.29) is 29.7 Å². The maximum absolute atomic E-state index is 12.8. The van der Waals surface area contributed by atoms with Gasteiger partial charge in [-0.3, -0.25) is 9.59 Å². The summed E-state index contributed by atoms with van der Waals surface area (Å²) in [6.07, 6.45) is -0.253. The zero-order chi connectivity index (χ0) is 16.6. The monoisotopic (exact) mass is 318 g/mol. The van der Waals surface area contributed by atoms with Gasteiger partial charge in [-0.2, -0.15) is 0 Å². The first-order valence-corrected chi connectivity index (χ1v) is 8.02. The van der Waals surface area contributed by atoms with Crippen LogP contribution in [0.25, 0.3) is 0 Å². The van der Waals surface area contributed by atoms with E-state index in [9.17, 15) is 9.59 Å². The molecule has 0 amide bonds. The number of esters is 1. The maximum Gasteiger partial charge on any atom is 0.310 e. The second-order valence-corrected chi connectivity index (χ2v) is 6.48. The molecule has 0 bridgehead atoms. The van der Waals surface area contributed by atoms with E-state index in [4.69, 9.17) is 14.2 Å². The lowest BCUT2D eigenvalue weighted by atomic mass is 10.0. The number of rotatable bonds is 5. The summed E-state index contributed by atoms with van der Waals surface area (Å²) in [6.45, 7) is 6.14. The second kappa shape index (κ2) is 6.06. The molecule has 5 heteroatoms. The van der Waals surface area contributed by atoms with E-state index in [2.05, 4.69) is 0 Å². The smallest absolute Gasteiger partial charge is 0.310 e. The summed E-state index contributed by atoms with van der Waals surface area (Å²) in [7, 11) is 0. The average molecular weight is 318 g/mol. The summed E-state index contributed by atoms with van der Waals surface area (Å²) >= 11 is 0. The van der Waals surface area contributed by atoms with Crippen LogP contribution in [0.3, 0.4) is 0 Å². The maximum atomic E-state index is 12.8. The average Bonchev–Trinajstić information content (AvgIpc) is 3.17. The van der Waals surface area contributed by atoms with Crippen molar-refractivity contribution in [1.82, 2.24) is 0 Å². The summed E-state index contributed by atoms with van der Waals surface area (Å²) in [6, 6.07) is 9.05. The molecule has 1 aromatic rings. The van der Waals surface area contributed by atoms with E-state index in [1.807, 2.05) is 32.0 Å². The molecule has 1 aliphatic heterocycles. The Labute approximate surface area is 135 Å². The summed E-state index contributed by atoms with van der Waals surface area (Å²) in [4.78, 5) is 25.0. The van der Waals surface area contributed by atoms with Gasteiger partial charge in [0.05, 0.1) is 25.2 Å². The van der Waals surface area contributed by atoms with Crippen molar-refractivity contribution in [3.8, 4) is 0 Å². The van der Waals surface area contributed by atoms with Gasteiger partial charge in [0.15, 0.2) is 11.6 Å². The van der Waals surface area contributed by atoms with E-state index in [1.165, 1.54) is 0 Å². The summed E-state index contributed by atoms with van der Waals surface area (Å²) < 4.78 is 16.6. The molecule has 0 unspecified atom stereocenters. The summed E-state index contributed by atoms with van der Waals surface area (Å²) in [5.74, 6) is -2.03. The van der Waals surface area contributed by atoms with Crippen molar-refractivity contribution in [1.29, 1.82) is 0 Å². The van der Waals surface area contributed by atoms with Gasteiger partial charge < -0.3 is 14.2 Å². The van der Waals surface area contributed by atoms with Crippen LogP contribution in [0.15, 0.2) is 30.3 Å². The Morgan fingerprint density at radius 1 is 1.22 bits per heavy atom. The first-order valence-electron chi connectivity index (χ1n) is 8.02. The number of hydrogen-bond donors (Lipinski definition) is 0. The summed E-state index contributed by atoms with van der Waals surface area (Å²) in [5, 5.41) is 0. The molecule has 0 aromatic heterocycles. The third-order valence-corrected chi connectivity index (χ3v) is 4.45. The number of hydrogen-bond acceptors (Lipinski definition) is 5. The van der Waals surface area contributed by atoms with E-state index < -0.39 is 11.7 Å². The third kappa shape index (κ3) is 3.16. The predicted octanol–water partition coefficient (Wildman–Crippen LogP) is 2.45. The molecular formula is C18H22O5. The van der Waals surface area contributed by atoms with Crippen molar-refractivity contribution in [2.75, 3.05) is 13.2 Å². The van der Waals surface area contributed by atoms with Crippen LogP contribution in [0.4, 0.5) is 0 Å². The van der Waals surface area contributed by atoms with Crippen molar-refractivity contribution >= 4 is 11.8 Å². The predicted molar refractivity (Wildman–Crippen MR) is 82.8 cm³/mol. The Hall–Kier alpha value is -1.72. The van der Waals surface area contributed by atoms with Crippen molar-refractivity contribution in [2.24, 2.45) is 17.8 Å². The van der Waals surface area contributed by atoms with E-state index in [1.54, 1.807) is 19.1 Å². The van der Waals surface area contributed by atoms with Gasteiger partial charge in [0.25, 0.3) is 0 Å². The van der Waals surface area contributed by atoms with Crippen LogP contribution in [0.5, 0.6) is 0 Å². The van der Waals surface area contributed by atoms with Gasteiger partial charge in [-0.15, -0.1) is 0 Å². The van der Waals surface area contributed by atoms with E-state index in [0.717, 1.165) is 0 Å².